The first-order valence-electron chi connectivity index (χ1n) is 7.54. The summed E-state index contributed by atoms with van der Waals surface area (Å²) < 4.78 is 0. The van der Waals surface area contributed by atoms with Gasteiger partial charge in [-0.25, -0.2) is 0 Å². The van der Waals surface area contributed by atoms with Crippen molar-refractivity contribution in [1.29, 1.82) is 0 Å². The average molecular weight is 266 g/mol. The monoisotopic (exact) mass is 266 g/mol. The van der Waals surface area contributed by atoms with E-state index in [1.165, 1.54) is 0 Å². The van der Waals surface area contributed by atoms with Crippen LogP contribution in [0.2, 0.25) is 0 Å². The van der Waals surface area contributed by atoms with Crippen molar-refractivity contribution in [2.24, 2.45) is 17.8 Å². The molecule has 1 unspecified atom stereocenters. The number of carbonyl (C=O) groups excluding carboxylic acids is 2. The van der Waals surface area contributed by atoms with Crippen molar-refractivity contribution in [3.05, 3.63) is 0 Å². The van der Waals surface area contributed by atoms with Crippen LogP contribution in [0.3, 0.4) is 0 Å². The number of hydrogen-bond donors (Lipinski definition) is 0. The van der Waals surface area contributed by atoms with Gasteiger partial charge in [0.05, 0.1) is 5.92 Å². The third kappa shape index (κ3) is 3.48. The smallest absolute Gasteiger partial charge is 0.227 e. The van der Waals surface area contributed by atoms with Crippen LogP contribution in [0.5, 0.6) is 0 Å². The molecule has 4 heteroatoms. The molecule has 0 saturated carbocycles. The Hall–Kier alpha value is -1.06. The average Bonchev–Trinajstić information content (AvgIpc) is 2.70. The molecule has 0 aliphatic carbocycles. The maximum absolute atomic E-state index is 12.4. The van der Waals surface area contributed by atoms with Crippen LogP contribution in [0.25, 0.3) is 0 Å². The summed E-state index contributed by atoms with van der Waals surface area (Å²) in [5.41, 5.74) is 0. The predicted molar refractivity (Wildman–Crippen MR) is 74.5 cm³/mol. The van der Waals surface area contributed by atoms with Gasteiger partial charge in [-0.15, -0.1) is 0 Å². The lowest BCUT2D eigenvalue weighted by molar-refractivity contribution is -0.137. The molecule has 2 fully saturated rings. The zero-order valence-corrected chi connectivity index (χ0v) is 12.4. The van der Waals surface area contributed by atoms with E-state index in [1.54, 1.807) is 0 Å². The molecule has 2 amide bonds. The number of carbonyl (C=O) groups is 2. The van der Waals surface area contributed by atoms with Crippen molar-refractivity contribution in [1.82, 2.24) is 9.80 Å². The number of piperidine rings is 1. The Balaban J connectivity index is 1.89. The molecule has 2 saturated heterocycles. The largest absolute Gasteiger partial charge is 0.342 e. The fraction of sp³-hybridized carbons (Fsp3) is 0.867. The van der Waals surface area contributed by atoms with Crippen molar-refractivity contribution in [2.45, 2.75) is 40.0 Å². The minimum atomic E-state index is -0.0975. The quantitative estimate of drug-likeness (QED) is 0.781. The Bertz CT molecular complexity index is 346. The Morgan fingerprint density at radius 3 is 2.53 bits per heavy atom. The van der Waals surface area contributed by atoms with Crippen LogP contribution in [0.15, 0.2) is 0 Å². The first kappa shape index (κ1) is 14.4. The van der Waals surface area contributed by atoms with E-state index in [0.717, 1.165) is 38.4 Å². The molecule has 0 spiro atoms. The van der Waals surface area contributed by atoms with Crippen LogP contribution in [0.4, 0.5) is 0 Å². The summed E-state index contributed by atoms with van der Waals surface area (Å²) in [4.78, 5) is 28.2. The Labute approximate surface area is 116 Å². The van der Waals surface area contributed by atoms with E-state index >= 15 is 0 Å². The summed E-state index contributed by atoms with van der Waals surface area (Å²) in [6.07, 6.45) is 2.61. The Morgan fingerprint density at radius 2 is 1.95 bits per heavy atom. The number of hydrogen-bond acceptors (Lipinski definition) is 2. The summed E-state index contributed by atoms with van der Waals surface area (Å²) in [6, 6.07) is 0. The van der Waals surface area contributed by atoms with Gasteiger partial charge in [0.2, 0.25) is 11.8 Å². The predicted octanol–water partition coefficient (Wildman–Crippen LogP) is 1.75. The van der Waals surface area contributed by atoms with E-state index in [1.807, 2.05) is 9.80 Å². The third-order valence-electron chi connectivity index (χ3n) is 4.24. The maximum Gasteiger partial charge on any atom is 0.227 e. The van der Waals surface area contributed by atoms with E-state index in [2.05, 4.69) is 20.8 Å². The number of likely N-dealkylation sites (tertiary alicyclic amines) is 2. The van der Waals surface area contributed by atoms with Gasteiger partial charge in [-0.3, -0.25) is 9.59 Å². The summed E-state index contributed by atoms with van der Waals surface area (Å²) in [5, 5.41) is 0. The molecule has 0 radical (unpaired) electrons. The van der Waals surface area contributed by atoms with Gasteiger partial charge in [0.15, 0.2) is 0 Å². The molecule has 0 bridgehead atoms. The van der Waals surface area contributed by atoms with Crippen LogP contribution in [-0.4, -0.2) is 47.8 Å². The van der Waals surface area contributed by atoms with E-state index < -0.39 is 0 Å². The topological polar surface area (TPSA) is 40.6 Å². The fourth-order valence-corrected chi connectivity index (χ4v) is 3.04. The van der Waals surface area contributed by atoms with E-state index in [0.29, 0.717) is 18.9 Å². The van der Waals surface area contributed by atoms with Crippen molar-refractivity contribution in [3.8, 4) is 0 Å². The maximum atomic E-state index is 12.4. The van der Waals surface area contributed by atoms with Crippen LogP contribution in [0.1, 0.15) is 40.0 Å². The first-order chi connectivity index (χ1) is 8.97. The second-order valence-corrected chi connectivity index (χ2v) is 6.60. The van der Waals surface area contributed by atoms with Crippen LogP contribution in [0, 0.1) is 17.8 Å². The number of nitrogens with zero attached hydrogens (tertiary/aromatic N) is 2. The van der Waals surface area contributed by atoms with E-state index in [4.69, 9.17) is 0 Å². The van der Waals surface area contributed by atoms with Crippen molar-refractivity contribution >= 4 is 11.8 Å². The first-order valence-corrected chi connectivity index (χ1v) is 7.54. The standard InChI is InChI=1S/C15H26N2O2/c1-11(2)9-17-10-13(8-14(17)18)15(19)16-6-4-12(3)5-7-16/h11-13H,4-10H2,1-3H3. The van der Waals surface area contributed by atoms with Gasteiger partial charge in [-0.1, -0.05) is 20.8 Å². The molecule has 19 heavy (non-hydrogen) atoms. The minimum Gasteiger partial charge on any atom is -0.342 e. The highest BCUT2D eigenvalue weighted by atomic mass is 16.2. The molecule has 0 aromatic rings. The molecule has 0 aromatic carbocycles. The van der Waals surface area contributed by atoms with Crippen molar-refractivity contribution in [2.75, 3.05) is 26.2 Å². The fourth-order valence-electron chi connectivity index (χ4n) is 3.04. The van der Waals surface area contributed by atoms with Crippen molar-refractivity contribution in [3.63, 3.8) is 0 Å². The van der Waals surface area contributed by atoms with Gasteiger partial charge >= 0.3 is 0 Å². The van der Waals surface area contributed by atoms with Crippen LogP contribution < -0.4 is 0 Å². The van der Waals surface area contributed by atoms with Gasteiger partial charge in [-0.2, -0.15) is 0 Å². The normalized spacial score (nSPS) is 25.5. The van der Waals surface area contributed by atoms with E-state index in [-0.39, 0.29) is 17.7 Å². The van der Waals surface area contributed by atoms with Gasteiger partial charge < -0.3 is 9.80 Å². The zero-order valence-electron chi connectivity index (χ0n) is 12.4. The zero-order chi connectivity index (χ0) is 14.0. The highest BCUT2D eigenvalue weighted by Gasteiger charge is 2.37. The highest BCUT2D eigenvalue weighted by Crippen LogP contribution is 2.24. The SMILES string of the molecule is CC(C)CN1CC(C(=O)N2CCC(C)CC2)CC1=O. The minimum absolute atomic E-state index is 0.0975. The summed E-state index contributed by atoms with van der Waals surface area (Å²) in [7, 11) is 0. The molecule has 1 atom stereocenters. The molecule has 108 valence electrons. The molecule has 2 heterocycles. The number of rotatable bonds is 3. The van der Waals surface area contributed by atoms with Crippen LogP contribution in [-0.2, 0) is 9.59 Å². The lowest BCUT2D eigenvalue weighted by Gasteiger charge is -2.32. The summed E-state index contributed by atoms with van der Waals surface area (Å²) in [6.45, 7) is 9.60. The molecule has 0 aromatic heterocycles. The molecule has 2 rings (SSSR count). The molecular formula is C15H26N2O2. The van der Waals surface area contributed by atoms with Gasteiger partial charge in [0.1, 0.15) is 0 Å². The highest BCUT2D eigenvalue weighted by molar-refractivity contribution is 5.89. The lowest BCUT2D eigenvalue weighted by atomic mass is 9.97. The molecule has 0 N–H and O–H groups in total. The second-order valence-electron chi connectivity index (χ2n) is 6.60. The summed E-state index contributed by atoms with van der Waals surface area (Å²) in [5.74, 6) is 1.45. The number of amides is 2. The van der Waals surface area contributed by atoms with Gasteiger partial charge in [-0.05, 0) is 24.7 Å². The third-order valence-corrected chi connectivity index (χ3v) is 4.24. The van der Waals surface area contributed by atoms with E-state index in [9.17, 15) is 9.59 Å². The summed E-state index contributed by atoms with van der Waals surface area (Å²) >= 11 is 0. The molecule has 2 aliphatic heterocycles. The second kappa shape index (κ2) is 5.93. The molecular weight excluding hydrogens is 240 g/mol. The molecule has 2 aliphatic rings. The van der Waals surface area contributed by atoms with Crippen molar-refractivity contribution < 1.29 is 9.59 Å². The van der Waals surface area contributed by atoms with Gasteiger partial charge in [0, 0.05) is 32.6 Å². The Kier molecular flexibility index (Phi) is 4.48. The van der Waals surface area contributed by atoms with Crippen LogP contribution >= 0.6 is 0 Å². The molecule has 4 nitrogen and oxygen atoms in total. The lowest BCUT2D eigenvalue weighted by Crippen LogP contribution is -2.42. The Morgan fingerprint density at radius 1 is 1.32 bits per heavy atom. The van der Waals surface area contributed by atoms with Gasteiger partial charge in [0.25, 0.3) is 0 Å².